The van der Waals surface area contributed by atoms with E-state index in [-0.39, 0.29) is 11.9 Å². The molecule has 0 saturated carbocycles. The second-order valence-corrected chi connectivity index (χ2v) is 5.99. The molecule has 1 amide bonds. The van der Waals surface area contributed by atoms with Crippen LogP contribution >= 0.6 is 0 Å². The molecule has 5 heteroatoms. The minimum absolute atomic E-state index is 0.0214. The SMILES string of the molecule is Cc1oncc1-c1cccc2c1CCN2C(=O)C1CCCN1. The molecule has 0 aliphatic carbocycles. The number of aryl methyl sites for hydroxylation is 1. The molecule has 2 aliphatic rings. The van der Waals surface area contributed by atoms with Crippen molar-refractivity contribution >= 4 is 11.6 Å². The van der Waals surface area contributed by atoms with Gasteiger partial charge in [0.2, 0.25) is 5.91 Å². The second kappa shape index (κ2) is 5.25. The van der Waals surface area contributed by atoms with Crippen molar-refractivity contribution in [1.29, 1.82) is 0 Å². The van der Waals surface area contributed by atoms with E-state index in [0.717, 1.165) is 54.9 Å². The van der Waals surface area contributed by atoms with E-state index < -0.39 is 0 Å². The van der Waals surface area contributed by atoms with Crippen LogP contribution in [0.5, 0.6) is 0 Å². The second-order valence-electron chi connectivity index (χ2n) is 5.99. The number of aromatic nitrogens is 1. The van der Waals surface area contributed by atoms with E-state index in [9.17, 15) is 4.79 Å². The molecule has 0 bridgehead atoms. The van der Waals surface area contributed by atoms with Gasteiger partial charge in [-0.2, -0.15) is 0 Å². The van der Waals surface area contributed by atoms with E-state index >= 15 is 0 Å². The highest BCUT2D eigenvalue weighted by atomic mass is 16.5. The van der Waals surface area contributed by atoms with Crippen LogP contribution in [0.25, 0.3) is 11.1 Å². The van der Waals surface area contributed by atoms with Crippen molar-refractivity contribution in [1.82, 2.24) is 10.5 Å². The summed E-state index contributed by atoms with van der Waals surface area (Å²) in [6, 6.07) is 6.11. The highest BCUT2D eigenvalue weighted by Crippen LogP contribution is 2.37. The molecule has 0 radical (unpaired) electrons. The minimum Gasteiger partial charge on any atom is -0.361 e. The molecule has 1 N–H and O–H groups in total. The maximum atomic E-state index is 12.7. The van der Waals surface area contributed by atoms with E-state index in [1.54, 1.807) is 6.20 Å². The summed E-state index contributed by atoms with van der Waals surface area (Å²) in [6.45, 7) is 3.62. The number of nitrogens with one attached hydrogen (secondary N) is 1. The number of anilines is 1. The Bertz CT molecular complexity index is 716. The van der Waals surface area contributed by atoms with Gasteiger partial charge in [-0.1, -0.05) is 17.3 Å². The molecule has 5 nitrogen and oxygen atoms in total. The quantitative estimate of drug-likeness (QED) is 0.924. The summed E-state index contributed by atoms with van der Waals surface area (Å²) in [5, 5.41) is 7.17. The van der Waals surface area contributed by atoms with E-state index in [4.69, 9.17) is 4.52 Å². The summed E-state index contributed by atoms with van der Waals surface area (Å²) in [7, 11) is 0. The first kappa shape index (κ1) is 13.5. The van der Waals surface area contributed by atoms with Crippen molar-refractivity contribution in [3.05, 3.63) is 35.7 Å². The zero-order chi connectivity index (χ0) is 15.1. The molecule has 1 atom stereocenters. The molecule has 1 aromatic heterocycles. The van der Waals surface area contributed by atoms with Gasteiger partial charge in [-0.05, 0) is 49.9 Å². The number of carbonyl (C=O) groups is 1. The lowest BCUT2D eigenvalue weighted by atomic mass is 9.99. The van der Waals surface area contributed by atoms with Crippen LogP contribution in [0.2, 0.25) is 0 Å². The fraction of sp³-hybridized carbons (Fsp3) is 0.412. The van der Waals surface area contributed by atoms with Gasteiger partial charge in [-0.25, -0.2) is 0 Å². The fourth-order valence-corrected chi connectivity index (χ4v) is 3.56. The predicted molar refractivity (Wildman–Crippen MR) is 83.8 cm³/mol. The van der Waals surface area contributed by atoms with Crippen molar-refractivity contribution < 1.29 is 9.32 Å². The molecule has 4 rings (SSSR count). The van der Waals surface area contributed by atoms with Crippen LogP contribution in [-0.2, 0) is 11.2 Å². The largest absolute Gasteiger partial charge is 0.361 e. The maximum Gasteiger partial charge on any atom is 0.244 e. The average Bonchev–Trinajstić information content (AvgIpc) is 3.26. The molecule has 1 aromatic carbocycles. The topological polar surface area (TPSA) is 58.4 Å². The molecular formula is C17H19N3O2. The van der Waals surface area contributed by atoms with Gasteiger partial charge in [0.05, 0.1) is 12.2 Å². The number of amides is 1. The van der Waals surface area contributed by atoms with Gasteiger partial charge in [0.15, 0.2) is 0 Å². The Balaban J connectivity index is 1.71. The highest BCUT2D eigenvalue weighted by molar-refractivity contribution is 6.00. The standard InChI is InChI=1S/C17H19N3O2/c1-11-14(10-19-22-11)12-4-2-6-16-13(12)7-9-20(16)17(21)15-5-3-8-18-15/h2,4,6,10,15,18H,3,5,7-9H2,1H3. The van der Waals surface area contributed by atoms with E-state index in [1.807, 2.05) is 24.0 Å². The molecule has 1 fully saturated rings. The molecule has 2 aromatic rings. The Labute approximate surface area is 129 Å². The summed E-state index contributed by atoms with van der Waals surface area (Å²) >= 11 is 0. The average molecular weight is 297 g/mol. The summed E-state index contributed by atoms with van der Waals surface area (Å²) in [5.41, 5.74) is 4.41. The van der Waals surface area contributed by atoms with E-state index in [1.165, 1.54) is 5.56 Å². The first-order valence-electron chi connectivity index (χ1n) is 7.84. The number of nitrogens with zero attached hydrogens (tertiary/aromatic N) is 2. The Morgan fingerprint density at radius 3 is 3.05 bits per heavy atom. The Kier molecular flexibility index (Phi) is 3.22. The Hall–Kier alpha value is -2.14. The van der Waals surface area contributed by atoms with Crippen LogP contribution in [0, 0.1) is 6.92 Å². The number of benzene rings is 1. The lowest BCUT2D eigenvalue weighted by molar-refractivity contribution is -0.120. The molecule has 22 heavy (non-hydrogen) atoms. The van der Waals surface area contributed by atoms with Gasteiger partial charge in [0.1, 0.15) is 5.76 Å². The highest BCUT2D eigenvalue weighted by Gasteiger charge is 2.32. The summed E-state index contributed by atoms with van der Waals surface area (Å²) < 4.78 is 5.19. The zero-order valence-electron chi connectivity index (χ0n) is 12.6. The predicted octanol–water partition coefficient (Wildman–Crippen LogP) is 2.29. The molecule has 114 valence electrons. The van der Waals surface area contributed by atoms with Crippen LogP contribution in [0.3, 0.4) is 0 Å². The third kappa shape index (κ3) is 2.04. The van der Waals surface area contributed by atoms with Crippen molar-refractivity contribution in [3.63, 3.8) is 0 Å². The van der Waals surface area contributed by atoms with Gasteiger partial charge in [0, 0.05) is 17.8 Å². The molecule has 3 heterocycles. The normalized spacial score (nSPS) is 20.4. The molecule has 1 unspecified atom stereocenters. The molecular weight excluding hydrogens is 278 g/mol. The van der Waals surface area contributed by atoms with E-state index in [0.29, 0.717) is 0 Å². The lowest BCUT2D eigenvalue weighted by Gasteiger charge is -2.21. The zero-order valence-corrected chi connectivity index (χ0v) is 12.6. The van der Waals surface area contributed by atoms with Gasteiger partial charge in [0.25, 0.3) is 0 Å². The minimum atomic E-state index is -0.0214. The summed E-state index contributed by atoms with van der Waals surface area (Å²) in [6.07, 6.45) is 4.66. The van der Waals surface area contributed by atoms with Crippen LogP contribution in [0.1, 0.15) is 24.2 Å². The lowest BCUT2D eigenvalue weighted by Crippen LogP contribution is -2.42. The molecule has 0 spiro atoms. The number of hydrogen-bond acceptors (Lipinski definition) is 4. The summed E-state index contributed by atoms with van der Waals surface area (Å²) in [4.78, 5) is 14.6. The van der Waals surface area contributed by atoms with Gasteiger partial charge < -0.3 is 14.7 Å². The fourth-order valence-electron chi connectivity index (χ4n) is 3.56. The van der Waals surface area contributed by atoms with Crippen molar-refractivity contribution in [2.45, 2.75) is 32.2 Å². The monoisotopic (exact) mass is 297 g/mol. The third-order valence-corrected chi connectivity index (χ3v) is 4.69. The van der Waals surface area contributed by atoms with Gasteiger partial charge in [-0.3, -0.25) is 4.79 Å². The number of fused-ring (bicyclic) bond motifs is 1. The van der Waals surface area contributed by atoms with Crippen LogP contribution in [0.4, 0.5) is 5.69 Å². The van der Waals surface area contributed by atoms with Crippen LogP contribution < -0.4 is 10.2 Å². The Morgan fingerprint density at radius 2 is 2.32 bits per heavy atom. The molecule has 1 saturated heterocycles. The van der Waals surface area contributed by atoms with Gasteiger partial charge in [-0.15, -0.1) is 0 Å². The van der Waals surface area contributed by atoms with E-state index in [2.05, 4.69) is 16.5 Å². The first-order valence-corrected chi connectivity index (χ1v) is 7.84. The maximum absolute atomic E-state index is 12.7. The first-order chi connectivity index (χ1) is 10.8. The smallest absolute Gasteiger partial charge is 0.244 e. The number of rotatable bonds is 2. The third-order valence-electron chi connectivity index (χ3n) is 4.69. The number of carbonyl (C=O) groups excluding carboxylic acids is 1. The van der Waals surface area contributed by atoms with Crippen molar-refractivity contribution in [2.24, 2.45) is 0 Å². The summed E-state index contributed by atoms with van der Waals surface area (Å²) in [5.74, 6) is 1.02. The van der Waals surface area contributed by atoms with Crippen molar-refractivity contribution in [3.8, 4) is 11.1 Å². The Morgan fingerprint density at radius 1 is 1.41 bits per heavy atom. The van der Waals surface area contributed by atoms with Crippen molar-refractivity contribution in [2.75, 3.05) is 18.0 Å². The van der Waals surface area contributed by atoms with Crippen LogP contribution in [-0.4, -0.2) is 30.2 Å². The van der Waals surface area contributed by atoms with Gasteiger partial charge >= 0.3 is 0 Å². The molecule has 2 aliphatic heterocycles. The van der Waals surface area contributed by atoms with Crippen LogP contribution in [0.15, 0.2) is 28.9 Å². The number of hydrogen-bond donors (Lipinski definition) is 1.